The molecular weight excluding hydrogens is 276 g/mol. The molecule has 0 aliphatic rings. The van der Waals surface area contributed by atoms with Crippen LogP contribution in [0, 0.1) is 0 Å². The average molecular weight is 298 g/mol. The molecular formula is C18H22N2O2. The molecule has 0 aliphatic carbocycles. The van der Waals surface area contributed by atoms with Gasteiger partial charge >= 0.3 is 0 Å². The number of anilines is 1. The highest BCUT2D eigenvalue weighted by Gasteiger charge is 2.14. The minimum Gasteiger partial charge on any atom is -0.496 e. The number of hydrogen-bond acceptors (Lipinski definition) is 3. The number of amides is 1. The largest absolute Gasteiger partial charge is 0.496 e. The van der Waals surface area contributed by atoms with E-state index >= 15 is 0 Å². The Bertz CT molecular complexity index is 636. The van der Waals surface area contributed by atoms with Gasteiger partial charge in [-0.1, -0.05) is 18.2 Å². The van der Waals surface area contributed by atoms with E-state index in [9.17, 15) is 4.79 Å². The molecule has 0 aromatic heterocycles. The van der Waals surface area contributed by atoms with E-state index < -0.39 is 0 Å². The summed E-state index contributed by atoms with van der Waals surface area (Å²) in [6, 6.07) is 15.4. The standard InChI is InChI=1S/C18H22N2O2/c1-19(2)16-11-9-14(10-12-16)18(21)20(3)13-15-7-5-6-8-17(15)22-4/h5-12H,13H2,1-4H3. The molecule has 2 rings (SSSR count). The third-order valence-corrected chi connectivity index (χ3v) is 3.58. The molecule has 0 saturated carbocycles. The number of ether oxygens (including phenoxy) is 1. The summed E-state index contributed by atoms with van der Waals surface area (Å²) < 4.78 is 5.33. The van der Waals surface area contributed by atoms with Crippen molar-refractivity contribution in [2.45, 2.75) is 6.54 Å². The molecule has 4 heteroatoms. The van der Waals surface area contributed by atoms with Crippen LogP contribution in [-0.2, 0) is 6.54 Å². The van der Waals surface area contributed by atoms with Gasteiger partial charge in [0.15, 0.2) is 0 Å². The maximum Gasteiger partial charge on any atom is 0.253 e. The smallest absolute Gasteiger partial charge is 0.253 e. The lowest BCUT2D eigenvalue weighted by Gasteiger charge is -2.19. The first-order valence-corrected chi connectivity index (χ1v) is 7.17. The van der Waals surface area contributed by atoms with Crippen molar-refractivity contribution in [2.24, 2.45) is 0 Å². The van der Waals surface area contributed by atoms with Crippen molar-refractivity contribution in [2.75, 3.05) is 33.2 Å². The number of nitrogens with zero attached hydrogens (tertiary/aromatic N) is 2. The molecule has 0 fully saturated rings. The van der Waals surface area contributed by atoms with Gasteiger partial charge in [-0.15, -0.1) is 0 Å². The summed E-state index contributed by atoms with van der Waals surface area (Å²) in [6.07, 6.45) is 0. The van der Waals surface area contributed by atoms with E-state index in [-0.39, 0.29) is 5.91 Å². The van der Waals surface area contributed by atoms with E-state index in [0.29, 0.717) is 12.1 Å². The Kier molecular flexibility index (Phi) is 5.04. The number of hydrogen-bond donors (Lipinski definition) is 0. The predicted octanol–water partition coefficient (Wildman–Crippen LogP) is 3.03. The first-order valence-electron chi connectivity index (χ1n) is 7.17. The highest BCUT2D eigenvalue weighted by Crippen LogP contribution is 2.20. The number of methoxy groups -OCH3 is 1. The van der Waals surface area contributed by atoms with E-state index in [1.54, 1.807) is 19.1 Å². The molecule has 116 valence electrons. The van der Waals surface area contributed by atoms with Gasteiger partial charge in [0, 0.05) is 44.5 Å². The minimum atomic E-state index is -0.00351. The summed E-state index contributed by atoms with van der Waals surface area (Å²) in [6.45, 7) is 0.512. The van der Waals surface area contributed by atoms with Crippen molar-refractivity contribution in [3.63, 3.8) is 0 Å². The molecule has 1 amide bonds. The van der Waals surface area contributed by atoms with Crippen molar-refractivity contribution in [3.05, 3.63) is 59.7 Å². The Balaban J connectivity index is 2.11. The lowest BCUT2D eigenvalue weighted by Crippen LogP contribution is -2.26. The summed E-state index contributed by atoms with van der Waals surface area (Å²) >= 11 is 0. The van der Waals surface area contributed by atoms with Gasteiger partial charge in [-0.3, -0.25) is 4.79 Å². The highest BCUT2D eigenvalue weighted by molar-refractivity contribution is 5.94. The Labute approximate surface area is 131 Å². The first-order chi connectivity index (χ1) is 10.5. The van der Waals surface area contributed by atoms with Gasteiger partial charge in [-0.2, -0.15) is 0 Å². The quantitative estimate of drug-likeness (QED) is 0.850. The van der Waals surface area contributed by atoms with Gasteiger partial charge in [0.05, 0.1) is 7.11 Å². The van der Waals surface area contributed by atoms with Crippen LogP contribution in [-0.4, -0.2) is 39.1 Å². The molecule has 0 radical (unpaired) electrons. The van der Waals surface area contributed by atoms with Gasteiger partial charge in [0.25, 0.3) is 5.91 Å². The fourth-order valence-corrected chi connectivity index (χ4v) is 2.28. The molecule has 0 saturated heterocycles. The van der Waals surface area contributed by atoms with Crippen LogP contribution >= 0.6 is 0 Å². The Hall–Kier alpha value is -2.49. The predicted molar refractivity (Wildman–Crippen MR) is 89.6 cm³/mol. The number of para-hydroxylation sites is 1. The van der Waals surface area contributed by atoms with Crippen LogP contribution in [0.4, 0.5) is 5.69 Å². The molecule has 0 N–H and O–H groups in total. The van der Waals surface area contributed by atoms with Gasteiger partial charge in [-0.25, -0.2) is 0 Å². The molecule has 0 bridgehead atoms. The molecule has 2 aromatic rings. The van der Waals surface area contributed by atoms with E-state index in [2.05, 4.69) is 0 Å². The molecule has 0 atom stereocenters. The lowest BCUT2D eigenvalue weighted by molar-refractivity contribution is 0.0784. The van der Waals surface area contributed by atoms with E-state index in [1.807, 2.05) is 67.5 Å². The van der Waals surface area contributed by atoms with Crippen molar-refractivity contribution < 1.29 is 9.53 Å². The summed E-state index contributed by atoms with van der Waals surface area (Å²) in [7, 11) is 7.39. The lowest BCUT2D eigenvalue weighted by atomic mass is 10.1. The maximum atomic E-state index is 12.5. The molecule has 0 aliphatic heterocycles. The van der Waals surface area contributed by atoms with Crippen LogP contribution in [0.15, 0.2) is 48.5 Å². The van der Waals surface area contributed by atoms with Gasteiger partial charge in [0.2, 0.25) is 0 Å². The Morgan fingerprint density at radius 2 is 1.64 bits per heavy atom. The average Bonchev–Trinajstić information content (AvgIpc) is 2.54. The van der Waals surface area contributed by atoms with Gasteiger partial charge < -0.3 is 14.5 Å². The fraction of sp³-hybridized carbons (Fsp3) is 0.278. The Morgan fingerprint density at radius 1 is 1.00 bits per heavy atom. The third-order valence-electron chi connectivity index (χ3n) is 3.58. The van der Waals surface area contributed by atoms with Gasteiger partial charge in [-0.05, 0) is 30.3 Å². The van der Waals surface area contributed by atoms with Crippen LogP contribution in [0.25, 0.3) is 0 Å². The van der Waals surface area contributed by atoms with Crippen molar-refractivity contribution in [1.82, 2.24) is 4.90 Å². The molecule has 0 spiro atoms. The SMILES string of the molecule is COc1ccccc1CN(C)C(=O)c1ccc(N(C)C)cc1. The zero-order chi connectivity index (χ0) is 16.1. The van der Waals surface area contributed by atoms with Crippen LogP contribution in [0.2, 0.25) is 0 Å². The summed E-state index contributed by atoms with van der Waals surface area (Å²) in [4.78, 5) is 16.2. The minimum absolute atomic E-state index is 0.00351. The van der Waals surface area contributed by atoms with Crippen LogP contribution < -0.4 is 9.64 Å². The van der Waals surface area contributed by atoms with Crippen molar-refractivity contribution in [3.8, 4) is 5.75 Å². The zero-order valence-electron chi connectivity index (χ0n) is 13.5. The van der Waals surface area contributed by atoms with E-state index in [1.165, 1.54) is 0 Å². The Morgan fingerprint density at radius 3 is 2.23 bits per heavy atom. The second kappa shape index (κ2) is 6.98. The molecule has 2 aromatic carbocycles. The van der Waals surface area contributed by atoms with Crippen molar-refractivity contribution >= 4 is 11.6 Å². The van der Waals surface area contributed by atoms with Gasteiger partial charge in [0.1, 0.15) is 5.75 Å². The number of benzene rings is 2. The molecule has 22 heavy (non-hydrogen) atoms. The number of carbonyl (C=O) groups is 1. The zero-order valence-corrected chi connectivity index (χ0v) is 13.5. The topological polar surface area (TPSA) is 32.8 Å². The molecule has 4 nitrogen and oxygen atoms in total. The number of carbonyl (C=O) groups excluding carboxylic acids is 1. The van der Waals surface area contributed by atoms with Crippen molar-refractivity contribution in [1.29, 1.82) is 0 Å². The van der Waals surface area contributed by atoms with Crippen LogP contribution in [0.1, 0.15) is 15.9 Å². The maximum absolute atomic E-state index is 12.5. The van der Waals surface area contributed by atoms with E-state index in [4.69, 9.17) is 4.74 Å². The number of rotatable bonds is 5. The van der Waals surface area contributed by atoms with Crippen LogP contribution in [0.5, 0.6) is 5.75 Å². The van der Waals surface area contributed by atoms with E-state index in [0.717, 1.165) is 17.0 Å². The molecule has 0 unspecified atom stereocenters. The summed E-state index contributed by atoms with van der Waals surface area (Å²) in [5.74, 6) is 0.793. The highest BCUT2D eigenvalue weighted by atomic mass is 16.5. The van der Waals surface area contributed by atoms with Crippen LogP contribution in [0.3, 0.4) is 0 Å². The fourth-order valence-electron chi connectivity index (χ4n) is 2.28. The third kappa shape index (κ3) is 3.58. The summed E-state index contributed by atoms with van der Waals surface area (Å²) in [5.41, 5.74) is 2.75. The second-order valence-corrected chi connectivity index (χ2v) is 5.41. The monoisotopic (exact) mass is 298 g/mol. The first kappa shape index (κ1) is 15.9. The normalized spacial score (nSPS) is 10.2. The summed E-state index contributed by atoms with van der Waals surface area (Å²) in [5, 5.41) is 0. The second-order valence-electron chi connectivity index (χ2n) is 5.41. The molecule has 0 heterocycles.